The van der Waals surface area contributed by atoms with E-state index in [2.05, 4.69) is 12.2 Å². The zero-order valence-electron chi connectivity index (χ0n) is 10.5. The summed E-state index contributed by atoms with van der Waals surface area (Å²) < 4.78 is 0. The van der Waals surface area contributed by atoms with Crippen molar-refractivity contribution in [2.45, 2.75) is 13.0 Å². The van der Waals surface area contributed by atoms with E-state index >= 15 is 0 Å². The van der Waals surface area contributed by atoms with Crippen LogP contribution in [-0.4, -0.2) is 0 Å². The lowest BCUT2D eigenvalue weighted by molar-refractivity contribution is 0.885. The second-order valence-electron chi connectivity index (χ2n) is 4.33. The van der Waals surface area contributed by atoms with E-state index in [-0.39, 0.29) is 6.04 Å². The van der Waals surface area contributed by atoms with Crippen molar-refractivity contribution < 1.29 is 0 Å². The van der Waals surface area contributed by atoms with Crippen molar-refractivity contribution in [1.29, 1.82) is 5.26 Å². The molecule has 0 fully saturated rings. The fraction of sp³-hybridized carbons (Fsp3) is 0.133. The van der Waals surface area contributed by atoms with E-state index in [0.717, 1.165) is 16.3 Å². The maximum atomic E-state index is 8.83. The van der Waals surface area contributed by atoms with Crippen molar-refractivity contribution in [3.05, 3.63) is 58.6 Å². The summed E-state index contributed by atoms with van der Waals surface area (Å²) in [7, 11) is 0. The van der Waals surface area contributed by atoms with Gasteiger partial charge in [-0.15, -0.1) is 0 Å². The second kappa shape index (κ2) is 5.64. The zero-order chi connectivity index (χ0) is 13.8. The van der Waals surface area contributed by atoms with Crippen LogP contribution >= 0.6 is 11.6 Å². The van der Waals surface area contributed by atoms with Crippen molar-refractivity contribution in [3.63, 3.8) is 0 Å². The highest BCUT2D eigenvalue weighted by Gasteiger charge is 2.06. The number of rotatable bonds is 3. The summed E-state index contributed by atoms with van der Waals surface area (Å²) in [6.07, 6.45) is 0. The van der Waals surface area contributed by atoms with Crippen molar-refractivity contribution in [1.82, 2.24) is 0 Å². The van der Waals surface area contributed by atoms with Crippen molar-refractivity contribution >= 4 is 23.0 Å². The standard InChI is InChI=1S/C15H14ClN3/c1-10(11-2-5-13(16)6-3-11)19-14-7-4-12(9-17)15(18)8-14/h2-8,10,19H,18H2,1H3. The molecule has 0 bridgehead atoms. The Morgan fingerprint density at radius 1 is 1.21 bits per heavy atom. The van der Waals surface area contributed by atoms with Crippen molar-refractivity contribution in [2.24, 2.45) is 0 Å². The first-order valence-corrected chi connectivity index (χ1v) is 6.29. The van der Waals surface area contributed by atoms with Gasteiger partial charge < -0.3 is 11.1 Å². The fourth-order valence-corrected chi connectivity index (χ4v) is 1.97. The Morgan fingerprint density at radius 2 is 1.89 bits per heavy atom. The number of hydrogen-bond acceptors (Lipinski definition) is 3. The number of nitrogens with one attached hydrogen (secondary N) is 1. The monoisotopic (exact) mass is 271 g/mol. The van der Waals surface area contributed by atoms with Gasteiger partial charge in [0.25, 0.3) is 0 Å². The van der Waals surface area contributed by atoms with E-state index in [1.807, 2.05) is 36.4 Å². The summed E-state index contributed by atoms with van der Waals surface area (Å²) in [5.74, 6) is 0. The van der Waals surface area contributed by atoms with Crippen LogP contribution in [0.3, 0.4) is 0 Å². The molecule has 2 rings (SSSR count). The van der Waals surface area contributed by atoms with Gasteiger partial charge in [-0.3, -0.25) is 0 Å². The van der Waals surface area contributed by atoms with Gasteiger partial charge in [0, 0.05) is 16.8 Å². The largest absolute Gasteiger partial charge is 0.398 e. The number of halogens is 1. The van der Waals surface area contributed by atoms with Crippen molar-refractivity contribution in [2.75, 3.05) is 11.1 Å². The number of nitrogens with two attached hydrogens (primary N) is 1. The fourth-order valence-electron chi connectivity index (χ4n) is 1.84. The predicted octanol–water partition coefficient (Wildman–Crippen LogP) is 3.97. The van der Waals surface area contributed by atoms with Gasteiger partial charge in [-0.2, -0.15) is 5.26 Å². The van der Waals surface area contributed by atoms with Gasteiger partial charge in [-0.25, -0.2) is 0 Å². The smallest absolute Gasteiger partial charge is 0.101 e. The van der Waals surface area contributed by atoms with E-state index in [4.69, 9.17) is 22.6 Å². The third kappa shape index (κ3) is 3.18. The summed E-state index contributed by atoms with van der Waals surface area (Å²) in [6.45, 7) is 2.05. The second-order valence-corrected chi connectivity index (χ2v) is 4.77. The average molecular weight is 272 g/mol. The lowest BCUT2D eigenvalue weighted by Crippen LogP contribution is -2.07. The molecule has 0 saturated heterocycles. The molecule has 4 heteroatoms. The topological polar surface area (TPSA) is 61.8 Å². The van der Waals surface area contributed by atoms with Crippen LogP contribution in [0.15, 0.2) is 42.5 Å². The Bertz CT molecular complexity index is 614. The molecule has 19 heavy (non-hydrogen) atoms. The van der Waals surface area contributed by atoms with Crippen LogP contribution in [0, 0.1) is 11.3 Å². The minimum Gasteiger partial charge on any atom is -0.398 e. The van der Waals surface area contributed by atoms with Gasteiger partial charge in [0.05, 0.1) is 11.3 Å². The van der Waals surface area contributed by atoms with Crippen LogP contribution in [0.5, 0.6) is 0 Å². The summed E-state index contributed by atoms with van der Waals surface area (Å²) in [4.78, 5) is 0. The molecule has 3 N–H and O–H groups in total. The molecule has 96 valence electrons. The molecule has 0 aliphatic heterocycles. The molecule has 3 nitrogen and oxygen atoms in total. The third-order valence-corrected chi connectivity index (χ3v) is 3.18. The molecule has 2 aromatic rings. The number of nitriles is 1. The molecule has 0 aliphatic rings. The number of benzene rings is 2. The highest BCUT2D eigenvalue weighted by atomic mass is 35.5. The van der Waals surface area contributed by atoms with E-state index < -0.39 is 0 Å². The molecule has 2 aromatic carbocycles. The van der Waals surface area contributed by atoms with Gasteiger partial charge in [0.2, 0.25) is 0 Å². The molecular formula is C15H14ClN3. The van der Waals surface area contributed by atoms with Crippen LogP contribution in [-0.2, 0) is 0 Å². The van der Waals surface area contributed by atoms with E-state index in [0.29, 0.717) is 11.3 Å². The third-order valence-electron chi connectivity index (χ3n) is 2.93. The number of anilines is 2. The Morgan fingerprint density at radius 3 is 2.47 bits per heavy atom. The quantitative estimate of drug-likeness (QED) is 0.831. The molecule has 1 atom stereocenters. The van der Waals surface area contributed by atoms with Gasteiger partial charge in [0.15, 0.2) is 0 Å². The lowest BCUT2D eigenvalue weighted by Gasteiger charge is -2.16. The van der Waals surface area contributed by atoms with Crippen LogP contribution in [0.4, 0.5) is 11.4 Å². The Kier molecular flexibility index (Phi) is 3.94. The van der Waals surface area contributed by atoms with Gasteiger partial charge in [-0.1, -0.05) is 23.7 Å². The molecule has 0 aromatic heterocycles. The highest BCUT2D eigenvalue weighted by Crippen LogP contribution is 2.23. The van der Waals surface area contributed by atoms with Crippen LogP contribution in [0.1, 0.15) is 24.1 Å². The molecular weight excluding hydrogens is 258 g/mol. The normalized spacial score (nSPS) is 11.6. The van der Waals surface area contributed by atoms with E-state index in [1.165, 1.54) is 0 Å². The minimum atomic E-state index is 0.129. The van der Waals surface area contributed by atoms with E-state index in [1.54, 1.807) is 12.1 Å². The molecule has 0 amide bonds. The summed E-state index contributed by atoms with van der Waals surface area (Å²) >= 11 is 5.86. The number of nitrogen functional groups attached to an aromatic ring is 1. The average Bonchev–Trinajstić information content (AvgIpc) is 2.39. The van der Waals surface area contributed by atoms with Gasteiger partial charge in [-0.05, 0) is 42.8 Å². The Labute approximate surface area is 117 Å². The van der Waals surface area contributed by atoms with E-state index in [9.17, 15) is 0 Å². The maximum absolute atomic E-state index is 8.83. The summed E-state index contributed by atoms with van der Waals surface area (Å²) in [5.41, 5.74) is 8.78. The summed E-state index contributed by atoms with van der Waals surface area (Å²) in [5, 5.41) is 12.9. The molecule has 0 spiro atoms. The lowest BCUT2D eigenvalue weighted by atomic mass is 10.1. The SMILES string of the molecule is CC(Nc1ccc(C#N)c(N)c1)c1ccc(Cl)cc1. The highest BCUT2D eigenvalue weighted by molar-refractivity contribution is 6.30. The first-order valence-electron chi connectivity index (χ1n) is 5.92. The first kappa shape index (κ1) is 13.3. The molecule has 0 radical (unpaired) electrons. The Balaban J connectivity index is 2.15. The molecule has 0 saturated carbocycles. The zero-order valence-corrected chi connectivity index (χ0v) is 11.3. The first-order chi connectivity index (χ1) is 9.10. The molecule has 0 aliphatic carbocycles. The predicted molar refractivity (Wildman–Crippen MR) is 79.1 cm³/mol. The van der Waals surface area contributed by atoms with Gasteiger partial charge >= 0.3 is 0 Å². The van der Waals surface area contributed by atoms with Crippen LogP contribution < -0.4 is 11.1 Å². The number of nitrogens with zero attached hydrogens (tertiary/aromatic N) is 1. The Hall–Kier alpha value is -2.18. The maximum Gasteiger partial charge on any atom is 0.101 e. The summed E-state index contributed by atoms with van der Waals surface area (Å²) in [6, 6.07) is 15.2. The molecule has 0 heterocycles. The van der Waals surface area contributed by atoms with Crippen LogP contribution in [0.2, 0.25) is 5.02 Å². The van der Waals surface area contributed by atoms with Crippen molar-refractivity contribution in [3.8, 4) is 6.07 Å². The van der Waals surface area contributed by atoms with Crippen LogP contribution in [0.25, 0.3) is 0 Å². The minimum absolute atomic E-state index is 0.129. The molecule has 1 unspecified atom stereocenters. The number of hydrogen-bond donors (Lipinski definition) is 2. The van der Waals surface area contributed by atoms with Gasteiger partial charge in [0.1, 0.15) is 6.07 Å².